The molecule has 2 aromatic rings. The Balaban J connectivity index is 1.41. The van der Waals surface area contributed by atoms with E-state index in [1.807, 2.05) is 86.3 Å². The van der Waals surface area contributed by atoms with E-state index in [9.17, 15) is 0 Å². The summed E-state index contributed by atoms with van der Waals surface area (Å²) in [6.07, 6.45) is 0.0335. The number of thioether (sulfide) groups is 1. The maximum atomic E-state index is 6.18. The lowest BCUT2D eigenvalue weighted by Crippen LogP contribution is -2.34. The molecule has 2 aliphatic rings. The minimum absolute atomic E-state index is 0.0167. The lowest BCUT2D eigenvalue weighted by atomic mass is 10.1. The summed E-state index contributed by atoms with van der Waals surface area (Å²) >= 11 is 1.84. The second-order valence-electron chi connectivity index (χ2n) is 7.03. The van der Waals surface area contributed by atoms with Gasteiger partial charge in [-0.15, -0.1) is 11.8 Å². The first-order chi connectivity index (χ1) is 12.6. The van der Waals surface area contributed by atoms with Crippen LogP contribution in [0.25, 0.3) is 0 Å². The Labute approximate surface area is 158 Å². The van der Waals surface area contributed by atoms with E-state index in [2.05, 4.69) is 0 Å². The first-order valence-corrected chi connectivity index (χ1v) is 9.92. The molecule has 0 spiro atoms. The molecule has 0 saturated carbocycles. The topological polar surface area (TPSA) is 36.9 Å². The summed E-state index contributed by atoms with van der Waals surface area (Å²) in [6, 6.07) is 19.8. The van der Waals surface area contributed by atoms with Gasteiger partial charge in [-0.05, 0) is 38.1 Å². The second kappa shape index (κ2) is 7.51. The highest BCUT2D eigenvalue weighted by Gasteiger charge is 2.54. The van der Waals surface area contributed by atoms with E-state index in [1.54, 1.807) is 0 Å². The summed E-state index contributed by atoms with van der Waals surface area (Å²) in [4.78, 5) is 0. The summed E-state index contributed by atoms with van der Waals surface area (Å²) in [5.41, 5.74) is 0. The quantitative estimate of drug-likeness (QED) is 0.761. The molecule has 0 unspecified atom stereocenters. The van der Waals surface area contributed by atoms with E-state index < -0.39 is 5.79 Å². The van der Waals surface area contributed by atoms with Crippen molar-refractivity contribution < 1.29 is 18.9 Å². The summed E-state index contributed by atoms with van der Waals surface area (Å²) in [5.74, 6) is 1.20. The summed E-state index contributed by atoms with van der Waals surface area (Å²) in [5, 5.41) is 0.428. The van der Waals surface area contributed by atoms with Crippen molar-refractivity contribution in [2.45, 2.75) is 42.3 Å². The maximum absolute atomic E-state index is 6.18. The van der Waals surface area contributed by atoms with E-state index in [1.165, 1.54) is 0 Å². The SMILES string of the molecule is CC1(C)O[C@@H]2[C@@H](O1)[C@H](COc1ccccc1)S[C@H]2COc1ccccc1. The van der Waals surface area contributed by atoms with Gasteiger partial charge in [0.15, 0.2) is 5.79 Å². The van der Waals surface area contributed by atoms with E-state index in [0.717, 1.165) is 11.5 Å². The Hall–Kier alpha value is -1.69. The van der Waals surface area contributed by atoms with Crippen molar-refractivity contribution in [3.8, 4) is 11.5 Å². The van der Waals surface area contributed by atoms with Crippen LogP contribution in [0.5, 0.6) is 11.5 Å². The molecule has 0 N–H and O–H groups in total. The molecule has 5 heteroatoms. The second-order valence-corrected chi connectivity index (χ2v) is 8.51. The van der Waals surface area contributed by atoms with Crippen LogP contribution in [0.1, 0.15) is 13.8 Å². The largest absolute Gasteiger partial charge is 0.492 e. The molecule has 4 atom stereocenters. The van der Waals surface area contributed by atoms with Crippen molar-refractivity contribution >= 4 is 11.8 Å². The van der Waals surface area contributed by atoms with Crippen LogP contribution in [-0.4, -0.2) is 41.7 Å². The maximum Gasteiger partial charge on any atom is 0.163 e. The van der Waals surface area contributed by atoms with Crippen LogP contribution in [0.3, 0.4) is 0 Å². The Morgan fingerprint density at radius 1 is 0.769 bits per heavy atom. The van der Waals surface area contributed by atoms with Crippen LogP contribution in [0.15, 0.2) is 60.7 Å². The smallest absolute Gasteiger partial charge is 0.163 e. The van der Waals surface area contributed by atoms with Crippen molar-refractivity contribution in [2.75, 3.05) is 13.2 Å². The number of hydrogen-bond acceptors (Lipinski definition) is 5. The Morgan fingerprint density at radius 2 is 1.19 bits per heavy atom. The fraction of sp³-hybridized carbons (Fsp3) is 0.429. The molecule has 2 fully saturated rings. The highest BCUT2D eigenvalue weighted by molar-refractivity contribution is 8.01. The average Bonchev–Trinajstić information content (AvgIpc) is 3.13. The zero-order valence-electron chi connectivity index (χ0n) is 15.0. The highest BCUT2D eigenvalue weighted by atomic mass is 32.2. The molecule has 26 heavy (non-hydrogen) atoms. The van der Waals surface area contributed by atoms with Gasteiger partial charge in [0.2, 0.25) is 0 Å². The number of para-hydroxylation sites is 2. The predicted octanol–water partition coefficient (Wildman–Crippen LogP) is 4.15. The van der Waals surface area contributed by atoms with Gasteiger partial charge < -0.3 is 18.9 Å². The van der Waals surface area contributed by atoms with E-state index >= 15 is 0 Å². The molecule has 4 nitrogen and oxygen atoms in total. The molecular weight excluding hydrogens is 348 g/mol. The zero-order valence-corrected chi connectivity index (χ0v) is 15.9. The third-order valence-corrected chi connectivity index (χ3v) is 6.07. The fourth-order valence-corrected chi connectivity index (χ4v) is 4.90. The molecular formula is C21H24O4S. The third kappa shape index (κ3) is 4.00. The van der Waals surface area contributed by atoms with Gasteiger partial charge in [-0.25, -0.2) is 0 Å². The van der Waals surface area contributed by atoms with Gasteiger partial charge in [-0.3, -0.25) is 0 Å². The molecule has 0 aromatic heterocycles. The molecule has 4 rings (SSSR count). The van der Waals surface area contributed by atoms with Gasteiger partial charge in [0, 0.05) is 0 Å². The van der Waals surface area contributed by atoms with Gasteiger partial charge in [-0.2, -0.15) is 0 Å². The standard InChI is InChI=1S/C21H24O4S/c1-21(2)24-19-17(13-22-15-9-5-3-6-10-15)26-18(20(19)25-21)14-23-16-11-7-4-8-12-16/h3-12,17-20H,13-14H2,1-2H3/t17-,18-,19-,20-/m0/s1. The molecule has 2 heterocycles. The number of benzene rings is 2. The molecule has 0 bridgehead atoms. The minimum atomic E-state index is -0.563. The van der Waals surface area contributed by atoms with Crippen LogP contribution in [0, 0.1) is 0 Å². The molecule has 0 amide bonds. The van der Waals surface area contributed by atoms with Crippen LogP contribution in [0.4, 0.5) is 0 Å². The van der Waals surface area contributed by atoms with Gasteiger partial charge >= 0.3 is 0 Å². The molecule has 2 saturated heterocycles. The van der Waals surface area contributed by atoms with Crippen molar-refractivity contribution in [3.63, 3.8) is 0 Å². The van der Waals surface area contributed by atoms with Crippen molar-refractivity contribution in [3.05, 3.63) is 60.7 Å². The normalized spacial score (nSPS) is 29.3. The van der Waals surface area contributed by atoms with Gasteiger partial charge in [-0.1, -0.05) is 36.4 Å². The first-order valence-electron chi connectivity index (χ1n) is 8.97. The molecule has 2 aromatic carbocycles. The van der Waals surface area contributed by atoms with E-state index in [-0.39, 0.29) is 22.7 Å². The van der Waals surface area contributed by atoms with Crippen LogP contribution < -0.4 is 9.47 Å². The predicted molar refractivity (Wildman–Crippen MR) is 103 cm³/mol. The summed E-state index contributed by atoms with van der Waals surface area (Å²) < 4.78 is 24.3. The van der Waals surface area contributed by atoms with E-state index in [4.69, 9.17) is 18.9 Å². The van der Waals surface area contributed by atoms with Crippen molar-refractivity contribution in [2.24, 2.45) is 0 Å². The Bertz CT molecular complexity index is 647. The Kier molecular flexibility index (Phi) is 5.11. The highest BCUT2D eigenvalue weighted by Crippen LogP contribution is 2.46. The first kappa shape index (κ1) is 17.7. The third-order valence-electron chi connectivity index (χ3n) is 4.56. The van der Waals surface area contributed by atoms with Crippen molar-refractivity contribution in [1.29, 1.82) is 0 Å². The van der Waals surface area contributed by atoms with Crippen LogP contribution >= 0.6 is 11.8 Å². The summed E-state index contributed by atoms with van der Waals surface area (Å²) in [6.45, 7) is 5.13. The molecule has 0 radical (unpaired) electrons. The monoisotopic (exact) mass is 372 g/mol. The number of hydrogen-bond donors (Lipinski definition) is 0. The number of ether oxygens (including phenoxy) is 4. The number of rotatable bonds is 6. The van der Waals surface area contributed by atoms with E-state index in [0.29, 0.717) is 13.2 Å². The number of fused-ring (bicyclic) bond motifs is 1. The molecule has 138 valence electrons. The van der Waals surface area contributed by atoms with Crippen molar-refractivity contribution in [1.82, 2.24) is 0 Å². The van der Waals surface area contributed by atoms with Crippen LogP contribution in [0.2, 0.25) is 0 Å². The minimum Gasteiger partial charge on any atom is -0.492 e. The Morgan fingerprint density at radius 3 is 1.62 bits per heavy atom. The van der Waals surface area contributed by atoms with Gasteiger partial charge in [0.05, 0.1) is 10.5 Å². The molecule has 2 aliphatic heterocycles. The average molecular weight is 372 g/mol. The van der Waals surface area contributed by atoms with Gasteiger partial charge in [0.1, 0.15) is 36.9 Å². The lowest BCUT2D eigenvalue weighted by Gasteiger charge is -2.23. The van der Waals surface area contributed by atoms with Crippen LogP contribution in [-0.2, 0) is 9.47 Å². The summed E-state index contributed by atoms with van der Waals surface area (Å²) in [7, 11) is 0. The fourth-order valence-electron chi connectivity index (χ4n) is 3.43. The lowest BCUT2D eigenvalue weighted by molar-refractivity contribution is -0.148. The molecule has 0 aliphatic carbocycles. The zero-order chi connectivity index (χ0) is 18.0. The van der Waals surface area contributed by atoms with Gasteiger partial charge in [0.25, 0.3) is 0 Å².